The van der Waals surface area contributed by atoms with Gasteiger partial charge in [-0.2, -0.15) is 0 Å². The number of hydrogen-bond acceptors (Lipinski definition) is 2. The number of halogens is 1. The fourth-order valence-electron chi connectivity index (χ4n) is 2.38. The van der Waals surface area contributed by atoms with Gasteiger partial charge in [-0.1, -0.05) is 18.5 Å². The monoisotopic (exact) mass is 252 g/mol. The van der Waals surface area contributed by atoms with Gasteiger partial charge in [-0.15, -0.1) is 0 Å². The van der Waals surface area contributed by atoms with Gasteiger partial charge in [-0.05, 0) is 37.8 Å². The molecular weight excluding hydrogens is 236 g/mol. The first kappa shape index (κ1) is 12.4. The molecule has 1 saturated heterocycles. The number of likely N-dealkylation sites (tertiary alicyclic amines) is 1. The van der Waals surface area contributed by atoms with Crippen molar-refractivity contribution < 1.29 is 4.79 Å². The van der Waals surface area contributed by atoms with Gasteiger partial charge in [-0.25, -0.2) is 4.98 Å². The van der Waals surface area contributed by atoms with Crippen molar-refractivity contribution in [1.82, 2.24) is 9.88 Å². The number of amides is 1. The summed E-state index contributed by atoms with van der Waals surface area (Å²) in [6.45, 7) is 5.18. The Labute approximate surface area is 107 Å². The first-order chi connectivity index (χ1) is 8.08. The number of carbonyl (C=O) groups is 1. The van der Waals surface area contributed by atoms with E-state index in [0.717, 1.165) is 19.4 Å². The molecule has 1 aliphatic heterocycles. The second kappa shape index (κ2) is 5.05. The third kappa shape index (κ3) is 2.78. The summed E-state index contributed by atoms with van der Waals surface area (Å²) in [6, 6.07) is 3.70. The Morgan fingerprint density at radius 2 is 2.24 bits per heavy atom. The highest BCUT2D eigenvalue weighted by molar-refractivity contribution is 6.29. The molecular formula is C13H17ClN2O. The number of nitrogens with zero attached hydrogens (tertiary/aromatic N) is 2. The van der Waals surface area contributed by atoms with Crippen LogP contribution in [-0.4, -0.2) is 28.4 Å². The summed E-state index contributed by atoms with van der Waals surface area (Å²) in [5.41, 5.74) is 0.621. The Balaban J connectivity index is 2.12. The van der Waals surface area contributed by atoms with E-state index in [2.05, 4.69) is 18.8 Å². The van der Waals surface area contributed by atoms with E-state index in [-0.39, 0.29) is 5.91 Å². The zero-order chi connectivity index (χ0) is 12.4. The van der Waals surface area contributed by atoms with E-state index < -0.39 is 0 Å². The largest absolute Gasteiger partial charge is 0.336 e. The molecule has 0 aliphatic carbocycles. The van der Waals surface area contributed by atoms with E-state index in [0.29, 0.717) is 22.7 Å². The van der Waals surface area contributed by atoms with Crippen LogP contribution in [0.1, 0.15) is 37.0 Å². The lowest BCUT2D eigenvalue weighted by Gasteiger charge is -2.36. The molecule has 2 heterocycles. The summed E-state index contributed by atoms with van der Waals surface area (Å²) in [5.74, 6) is 0.769. The quantitative estimate of drug-likeness (QED) is 0.720. The average Bonchev–Trinajstić information content (AvgIpc) is 2.29. The first-order valence-electron chi connectivity index (χ1n) is 6.00. The minimum absolute atomic E-state index is 0.0635. The zero-order valence-electron chi connectivity index (χ0n) is 10.2. The molecule has 1 aliphatic rings. The average molecular weight is 253 g/mol. The van der Waals surface area contributed by atoms with E-state index in [1.54, 1.807) is 18.3 Å². The Morgan fingerprint density at radius 3 is 2.82 bits per heavy atom. The van der Waals surface area contributed by atoms with Crippen LogP contribution in [0.4, 0.5) is 0 Å². The van der Waals surface area contributed by atoms with Crippen molar-refractivity contribution in [2.24, 2.45) is 5.92 Å². The van der Waals surface area contributed by atoms with Crippen LogP contribution < -0.4 is 0 Å². The van der Waals surface area contributed by atoms with E-state index in [1.165, 1.54) is 0 Å². The van der Waals surface area contributed by atoms with Crippen LogP contribution in [0, 0.1) is 5.92 Å². The molecule has 1 fully saturated rings. The van der Waals surface area contributed by atoms with E-state index in [9.17, 15) is 4.79 Å². The Bertz CT molecular complexity index is 404. The number of pyridine rings is 1. The van der Waals surface area contributed by atoms with Crippen LogP contribution in [0.5, 0.6) is 0 Å². The minimum Gasteiger partial charge on any atom is -0.336 e. The maximum absolute atomic E-state index is 12.3. The van der Waals surface area contributed by atoms with E-state index in [1.807, 2.05) is 4.90 Å². The van der Waals surface area contributed by atoms with Gasteiger partial charge in [0.1, 0.15) is 5.15 Å². The Hall–Kier alpha value is -1.09. The van der Waals surface area contributed by atoms with Gasteiger partial charge in [0, 0.05) is 18.8 Å². The highest BCUT2D eigenvalue weighted by Crippen LogP contribution is 2.23. The molecule has 2 unspecified atom stereocenters. The van der Waals surface area contributed by atoms with Gasteiger partial charge >= 0.3 is 0 Å². The molecule has 3 nitrogen and oxygen atoms in total. The van der Waals surface area contributed by atoms with Crippen molar-refractivity contribution in [3.05, 3.63) is 29.0 Å². The van der Waals surface area contributed by atoms with Crippen LogP contribution in [0.15, 0.2) is 18.3 Å². The molecule has 0 bridgehead atoms. The fourth-order valence-corrected chi connectivity index (χ4v) is 2.49. The molecule has 1 aromatic rings. The molecule has 4 heteroatoms. The molecule has 0 saturated carbocycles. The molecule has 0 aromatic carbocycles. The number of carbonyl (C=O) groups excluding carboxylic acids is 1. The van der Waals surface area contributed by atoms with Crippen LogP contribution >= 0.6 is 11.6 Å². The predicted octanol–water partition coefficient (Wildman–Crippen LogP) is 3.00. The molecule has 2 atom stereocenters. The maximum Gasteiger partial charge on any atom is 0.255 e. The summed E-state index contributed by atoms with van der Waals surface area (Å²) in [4.78, 5) is 18.2. The summed E-state index contributed by atoms with van der Waals surface area (Å²) in [5, 5.41) is 0.418. The number of aromatic nitrogens is 1. The van der Waals surface area contributed by atoms with Gasteiger partial charge < -0.3 is 4.90 Å². The number of hydrogen-bond donors (Lipinski definition) is 0. The lowest BCUT2D eigenvalue weighted by molar-refractivity contribution is 0.0588. The summed E-state index contributed by atoms with van der Waals surface area (Å²) in [7, 11) is 0. The van der Waals surface area contributed by atoms with Crippen molar-refractivity contribution in [2.75, 3.05) is 6.54 Å². The second-order valence-electron chi connectivity index (χ2n) is 4.85. The van der Waals surface area contributed by atoms with Crippen molar-refractivity contribution in [3.8, 4) is 0 Å². The Kier molecular flexibility index (Phi) is 3.67. The van der Waals surface area contributed by atoms with Gasteiger partial charge in [0.05, 0.1) is 5.56 Å². The van der Waals surface area contributed by atoms with Crippen molar-refractivity contribution in [1.29, 1.82) is 0 Å². The lowest BCUT2D eigenvalue weighted by atomic mass is 9.93. The Morgan fingerprint density at radius 1 is 1.47 bits per heavy atom. The minimum atomic E-state index is 0.0635. The SMILES string of the molecule is CC1CCN(C(=O)c2ccc(Cl)nc2)C(C)C1. The van der Waals surface area contributed by atoms with Crippen molar-refractivity contribution >= 4 is 17.5 Å². The van der Waals surface area contributed by atoms with Gasteiger partial charge in [0.15, 0.2) is 0 Å². The first-order valence-corrected chi connectivity index (χ1v) is 6.38. The topological polar surface area (TPSA) is 33.2 Å². The summed E-state index contributed by atoms with van der Waals surface area (Å²) in [6.07, 6.45) is 3.71. The van der Waals surface area contributed by atoms with Crippen molar-refractivity contribution in [2.45, 2.75) is 32.7 Å². The van der Waals surface area contributed by atoms with E-state index >= 15 is 0 Å². The third-order valence-corrected chi connectivity index (χ3v) is 3.60. The molecule has 92 valence electrons. The summed E-state index contributed by atoms with van der Waals surface area (Å²) >= 11 is 5.71. The standard InChI is InChI=1S/C13H17ClN2O/c1-9-5-6-16(10(2)7-9)13(17)11-3-4-12(14)15-8-11/h3-4,8-10H,5-7H2,1-2H3. The normalized spacial score (nSPS) is 24.8. The summed E-state index contributed by atoms with van der Waals surface area (Å²) < 4.78 is 0. The predicted molar refractivity (Wildman–Crippen MR) is 68.1 cm³/mol. The van der Waals surface area contributed by atoms with Crippen LogP contribution in [-0.2, 0) is 0 Å². The maximum atomic E-state index is 12.3. The van der Waals surface area contributed by atoms with Crippen LogP contribution in [0.25, 0.3) is 0 Å². The van der Waals surface area contributed by atoms with Gasteiger partial charge in [0.2, 0.25) is 0 Å². The molecule has 0 N–H and O–H groups in total. The molecule has 1 amide bonds. The van der Waals surface area contributed by atoms with Gasteiger partial charge in [-0.3, -0.25) is 4.79 Å². The second-order valence-corrected chi connectivity index (χ2v) is 5.23. The third-order valence-electron chi connectivity index (χ3n) is 3.37. The molecule has 0 spiro atoms. The smallest absolute Gasteiger partial charge is 0.255 e. The van der Waals surface area contributed by atoms with Crippen LogP contribution in [0.3, 0.4) is 0 Å². The van der Waals surface area contributed by atoms with E-state index in [4.69, 9.17) is 11.6 Å². The van der Waals surface area contributed by atoms with Crippen molar-refractivity contribution in [3.63, 3.8) is 0 Å². The lowest BCUT2D eigenvalue weighted by Crippen LogP contribution is -2.44. The zero-order valence-corrected chi connectivity index (χ0v) is 10.9. The number of piperidine rings is 1. The highest BCUT2D eigenvalue weighted by atomic mass is 35.5. The fraction of sp³-hybridized carbons (Fsp3) is 0.538. The molecule has 1 aromatic heterocycles. The number of rotatable bonds is 1. The molecule has 0 radical (unpaired) electrons. The van der Waals surface area contributed by atoms with Crippen LogP contribution in [0.2, 0.25) is 5.15 Å². The molecule has 17 heavy (non-hydrogen) atoms. The van der Waals surface area contributed by atoms with Gasteiger partial charge in [0.25, 0.3) is 5.91 Å². The highest BCUT2D eigenvalue weighted by Gasteiger charge is 2.27. The molecule has 2 rings (SSSR count).